The van der Waals surface area contributed by atoms with Crippen molar-refractivity contribution in [3.05, 3.63) is 54.1 Å². The van der Waals surface area contributed by atoms with Crippen LogP contribution in [0.1, 0.15) is 25.3 Å². The smallest absolute Gasteiger partial charge is 0.191 e. The molecule has 0 radical (unpaired) electrons. The summed E-state index contributed by atoms with van der Waals surface area (Å²) in [6.45, 7) is 3.58. The maximum absolute atomic E-state index is 5.89. The van der Waals surface area contributed by atoms with Gasteiger partial charge in [-0.1, -0.05) is 24.3 Å². The van der Waals surface area contributed by atoms with Crippen molar-refractivity contribution in [3.8, 4) is 17.2 Å². The number of aliphatic imine (C=N–C) groups is 1. The number of nitrogens with one attached hydrogen (secondary N) is 2. The number of hydrogen-bond acceptors (Lipinski definition) is 3. The first-order valence-electron chi connectivity index (χ1n) is 8.73. The van der Waals surface area contributed by atoms with Crippen LogP contribution in [-0.2, 0) is 6.54 Å². The molecule has 0 atom stereocenters. The molecule has 5 nitrogen and oxygen atoms in total. The fourth-order valence-electron chi connectivity index (χ4n) is 2.40. The van der Waals surface area contributed by atoms with E-state index < -0.39 is 0 Å². The van der Waals surface area contributed by atoms with Gasteiger partial charge < -0.3 is 20.1 Å². The minimum Gasteiger partial charge on any atom is -0.493 e. The van der Waals surface area contributed by atoms with Crippen LogP contribution in [0.5, 0.6) is 17.2 Å². The van der Waals surface area contributed by atoms with Gasteiger partial charge in [0, 0.05) is 12.6 Å². The highest BCUT2D eigenvalue weighted by molar-refractivity contribution is 5.80. The zero-order valence-electron chi connectivity index (χ0n) is 14.8. The van der Waals surface area contributed by atoms with Crippen molar-refractivity contribution in [1.29, 1.82) is 0 Å². The van der Waals surface area contributed by atoms with E-state index >= 15 is 0 Å². The Morgan fingerprint density at radius 1 is 1.08 bits per heavy atom. The number of ether oxygens (including phenoxy) is 2. The van der Waals surface area contributed by atoms with Crippen LogP contribution in [0.4, 0.5) is 0 Å². The van der Waals surface area contributed by atoms with Crippen molar-refractivity contribution >= 4 is 5.96 Å². The molecule has 1 aliphatic carbocycles. The third kappa shape index (κ3) is 5.14. The quantitative estimate of drug-likeness (QED) is 0.596. The Morgan fingerprint density at radius 2 is 1.80 bits per heavy atom. The first-order chi connectivity index (χ1) is 12.3. The second kappa shape index (κ2) is 8.42. The molecule has 0 unspecified atom stereocenters. The topological polar surface area (TPSA) is 54.9 Å². The predicted molar refractivity (Wildman–Crippen MR) is 100 cm³/mol. The van der Waals surface area contributed by atoms with Gasteiger partial charge in [0.25, 0.3) is 0 Å². The lowest BCUT2D eigenvalue weighted by Crippen LogP contribution is -2.38. The van der Waals surface area contributed by atoms with E-state index in [1.165, 1.54) is 12.8 Å². The van der Waals surface area contributed by atoms with Crippen LogP contribution >= 0.6 is 0 Å². The Balaban J connectivity index is 1.61. The third-order valence-electron chi connectivity index (χ3n) is 3.90. The van der Waals surface area contributed by atoms with Gasteiger partial charge >= 0.3 is 0 Å². The maximum atomic E-state index is 5.89. The molecule has 3 rings (SSSR count). The molecule has 0 amide bonds. The highest BCUT2D eigenvalue weighted by atomic mass is 16.5. The summed E-state index contributed by atoms with van der Waals surface area (Å²) in [6, 6.07) is 16.2. The van der Waals surface area contributed by atoms with Crippen LogP contribution < -0.4 is 20.1 Å². The molecule has 132 valence electrons. The number of guanidine groups is 1. The molecule has 0 bridgehead atoms. The molecule has 2 aromatic rings. The van der Waals surface area contributed by atoms with E-state index in [-0.39, 0.29) is 0 Å². The van der Waals surface area contributed by atoms with Gasteiger partial charge in [0.2, 0.25) is 0 Å². The lowest BCUT2D eigenvalue weighted by atomic mass is 10.2. The van der Waals surface area contributed by atoms with E-state index in [0.29, 0.717) is 18.3 Å². The summed E-state index contributed by atoms with van der Waals surface area (Å²) in [7, 11) is 1.64. The number of nitrogens with zero attached hydrogens (tertiary/aromatic N) is 1. The Hall–Kier alpha value is -2.69. The van der Waals surface area contributed by atoms with Crippen molar-refractivity contribution in [3.63, 3.8) is 0 Å². The van der Waals surface area contributed by atoms with Crippen molar-refractivity contribution in [2.75, 3.05) is 13.7 Å². The largest absolute Gasteiger partial charge is 0.493 e. The van der Waals surface area contributed by atoms with Crippen molar-refractivity contribution < 1.29 is 9.47 Å². The monoisotopic (exact) mass is 339 g/mol. The molecular weight excluding hydrogens is 314 g/mol. The highest BCUT2D eigenvalue weighted by Crippen LogP contribution is 2.30. The highest BCUT2D eigenvalue weighted by Gasteiger charge is 2.21. The molecule has 1 fully saturated rings. The van der Waals surface area contributed by atoms with Gasteiger partial charge in [-0.15, -0.1) is 0 Å². The van der Waals surface area contributed by atoms with Crippen LogP contribution in [0.3, 0.4) is 0 Å². The van der Waals surface area contributed by atoms with Crippen LogP contribution in [0.25, 0.3) is 0 Å². The molecule has 2 aromatic carbocycles. The molecule has 1 aliphatic rings. The van der Waals surface area contributed by atoms with E-state index in [1.54, 1.807) is 7.11 Å². The zero-order chi connectivity index (χ0) is 17.5. The molecule has 0 aliphatic heterocycles. The third-order valence-corrected chi connectivity index (χ3v) is 3.90. The van der Waals surface area contributed by atoms with Gasteiger partial charge in [0.05, 0.1) is 13.7 Å². The van der Waals surface area contributed by atoms with Crippen LogP contribution in [0.2, 0.25) is 0 Å². The summed E-state index contributed by atoms with van der Waals surface area (Å²) in [5.41, 5.74) is 1.14. The Bertz CT molecular complexity index is 709. The van der Waals surface area contributed by atoms with E-state index in [0.717, 1.165) is 29.6 Å². The molecule has 1 saturated carbocycles. The van der Waals surface area contributed by atoms with Gasteiger partial charge in [-0.25, -0.2) is 4.99 Å². The van der Waals surface area contributed by atoms with E-state index in [4.69, 9.17) is 9.47 Å². The van der Waals surface area contributed by atoms with Gasteiger partial charge in [0.1, 0.15) is 5.75 Å². The molecule has 0 aromatic heterocycles. The summed E-state index contributed by atoms with van der Waals surface area (Å²) in [4.78, 5) is 4.64. The molecule has 0 saturated heterocycles. The van der Waals surface area contributed by atoms with Crippen LogP contribution in [-0.4, -0.2) is 25.7 Å². The normalized spacial score (nSPS) is 14.1. The molecule has 5 heteroatoms. The fraction of sp³-hybridized carbons (Fsp3) is 0.350. The van der Waals surface area contributed by atoms with Gasteiger partial charge in [-0.3, -0.25) is 0 Å². The summed E-state index contributed by atoms with van der Waals surface area (Å²) in [5, 5.41) is 6.70. The number of para-hydroxylation sites is 2. The van der Waals surface area contributed by atoms with E-state index in [1.807, 2.05) is 48.5 Å². The summed E-state index contributed by atoms with van der Waals surface area (Å²) in [5.74, 6) is 3.09. The number of benzene rings is 2. The Kier molecular flexibility index (Phi) is 5.77. The van der Waals surface area contributed by atoms with E-state index in [9.17, 15) is 0 Å². The average Bonchev–Trinajstić information content (AvgIpc) is 3.45. The second-order valence-electron chi connectivity index (χ2n) is 6.01. The molecular formula is C20H25N3O2. The first kappa shape index (κ1) is 17.1. The number of rotatable bonds is 7. The van der Waals surface area contributed by atoms with Gasteiger partial charge in [-0.05, 0) is 49.6 Å². The first-order valence-corrected chi connectivity index (χ1v) is 8.73. The number of methoxy groups -OCH3 is 1. The standard InChI is InChI=1S/C20H25N3O2/c1-3-21-20(23-16-10-11-16)22-14-15-8-12-17(13-9-15)25-19-7-5-4-6-18(19)24-2/h4-9,12-13,16H,3,10-11,14H2,1-2H3,(H2,21,22,23). The molecule has 25 heavy (non-hydrogen) atoms. The SMILES string of the molecule is CCNC(=NCc1ccc(Oc2ccccc2OC)cc1)NC1CC1. The summed E-state index contributed by atoms with van der Waals surface area (Å²) < 4.78 is 11.2. The maximum Gasteiger partial charge on any atom is 0.191 e. The zero-order valence-corrected chi connectivity index (χ0v) is 14.8. The van der Waals surface area contributed by atoms with Crippen molar-refractivity contribution in [1.82, 2.24) is 10.6 Å². The lowest BCUT2D eigenvalue weighted by molar-refractivity contribution is 0.379. The minimum atomic E-state index is 0.592. The number of hydrogen-bond donors (Lipinski definition) is 2. The predicted octanol–water partition coefficient (Wildman–Crippen LogP) is 3.71. The van der Waals surface area contributed by atoms with Gasteiger partial charge in [-0.2, -0.15) is 0 Å². The molecule has 0 spiro atoms. The Morgan fingerprint density at radius 3 is 2.44 bits per heavy atom. The van der Waals surface area contributed by atoms with Crippen molar-refractivity contribution in [2.45, 2.75) is 32.4 Å². The van der Waals surface area contributed by atoms with Crippen molar-refractivity contribution in [2.24, 2.45) is 4.99 Å². The Labute approximate surface area is 149 Å². The average molecular weight is 339 g/mol. The minimum absolute atomic E-state index is 0.592. The van der Waals surface area contributed by atoms with E-state index in [2.05, 4.69) is 22.5 Å². The van der Waals surface area contributed by atoms with Crippen LogP contribution in [0, 0.1) is 0 Å². The molecule has 0 heterocycles. The fourth-order valence-corrected chi connectivity index (χ4v) is 2.40. The lowest BCUT2D eigenvalue weighted by Gasteiger charge is -2.11. The van der Waals surface area contributed by atoms with Gasteiger partial charge in [0.15, 0.2) is 17.5 Å². The molecule has 2 N–H and O–H groups in total. The summed E-state index contributed by atoms with van der Waals surface area (Å²) in [6.07, 6.45) is 2.47. The summed E-state index contributed by atoms with van der Waals surface area (Å²) >= 11 is 0. The second-order valence-corrected chi connectivity index (χ2v) is 6.01. The van der Waals surface area contributed by atoms with Crippen LogP contribution in [0.15, 0.2) is 53.5 Å².